The van der Waals surface area contributed by atoms with Crippen LogP contribution in [0.4, 0.5) is 19.0 Å². The van der Waals surface area contributed by atoms with Crippen LogP contribution in [0.15, 0.2) is 30.5 Å². The Hall–Kier alpha value is -4.19. The number of carbonyl (C=O) groups is 1. The number of ether oxygens (including phenoxy) is 1. The van der Waals surface area contributed by atoms with Crippen molar-refractivity contribution in [1.82, 2.24) is 25.2 Å². The van der Waals surface area contributed by atoms with E-state index >= 15 is 4.39 Å². The molecule has 6 heterocycles. The summed E-state index contributed by atoms with van der Waals surface area (Å²) in [5.41, 5.74) is 0.0555. The van der Waals surface area contributed by atoms with Crippen molar-refractivity contribution in [3.05, 3.63) is 47.7 Å². The van der Waals surface area contributed by atoms with E-state index in [-0.39, 0.29) is 52.9 Å². The number of phenolic OH excluding ortho intramolecular Hbond substituents is 1. The number of rotatable bonds is 6. The molecule has 12 heteroatoms. The first-order chi connectivity index (χ1) is 22.2. The maximum atomic E-state index is 16.8. The van der Waals surface area contributed by atoms with Gasteiger partial charge >= 0.3 is 6.01 Å². The third kappa shape index (κ3) is 4.63. The Labute approximate surface area is 263 Å². The minimum absolute atomic E-state index is 0.00622. The molecule has 4 atom stereocenters. The van der Waals surface area contributed by atoms with Crippen LogP contribution in [0.2, 0.25) is 0 Å². The summed E-state index contributed by atoms with van der Waals surface area (Å²) >= 11 is 0. The molecule has 2 unspecified atom stereocenters. The summed E-state index contributed by atoms with van der Waals surface area (Å²) in [5, 5.41) is 14.9. The molecule has 4 aliphatic rings. The predicted octanol–water partition coefficient (Wildman–Crippen LogP) is 4.92. The van der Waals surface area contributed by atoms with Crippen LogP contribution in [0.3, 0.4) is 0 Å². The molecule has 46 heavy (non-hydrogen) atoms. The Morgan fingerprint density at radius 3 is 2.89 bits per heavy atom. The summed E-state index contributed by atoms with van der Waals surface area (Å²) < 4.78 is 52.5. The number of fused-ring (bicyclic) bond motifs is 4. The lowest BCUT2D eigenvalue weighted by Crippen LogP contribution is -2.44. The number of hydrogen-bond acceptors (Lipinski definition) is 8. The van der Waals surface area contributed by atoms with Gasteiger partial charge in [0.15, 0.2) is 5.82 Å². The standard InChI is InChI=1S/C34H35F3N6O3/c1-2-22-26(36)5-4-18-10-21(44)11-23(27(18)22)29-28(37)30-24(14-38-29)31(42-9-6-19-13-39-32(45)25(19)16-42)41-33(40-30)46-17-34-7-3-8-43(34)15-20(35)12-34/h4-5,10-11,14,19-20,25,44H,2-3,6-9,12-13,15-17H2,1H3,(H,39,45)/t19?,20-,25?,34+/m1/s1. The fraction of sp³-hybridized carbons (Fsp3) is 0.471. The maximum absolute atomic E-state index is 16.8. The molecule has 8 rings (SSSR count). The number of nitrogens with zero attached hydrogens (tertiary/aromatic N) is 5. The van der Waals surface area contributed by atoms with Crippen molar-refractivity contribution in [1.29, 1.82) is 0 Å². The number of pyridine rings is 1. The van der Waals surface area contributed by atoms with Gasteiger partial charge in [-0.1, -0.05) is 13.0 Å². The van der Waals surface area contributed by atoms with E-state index < -0.39 is 23.3 Å². The molecule has 4 fully saturated rings. The maximum Gasteiger partial charge on any atom is 0.319 e. The smallest absolute Gasteiger partial charge is 0.319 e. The van der Waals surface area contributed by atoms with Crippen molar-refractivity contribution in [2.75, 3.05) is 44.2 Å². The van der Waals surface area contributed by atoms with E-state index in [2.05, 4.69) is 20.2 Å². The van der Waals surface area contributed by atoms with Crippen molar-refractivity contribution >= 4 is 33.4 Å². The number of phenols is 1. The summed E-state index contributed by atoms with van der Waals surface area (Å²) in [6.45, 7) is 4.80. The lowest BCUT2D eigenvalue weighted by Gasteiger charge is -2.35. The fourth-order valence-electron chi connectivity index (χ4n) is 8.29. The number of amides is 1. The molecule has 4 aliphatic heterocycles. The van der Waals surface area contributed by atoms with E-state index in [1.54, 1.807) is 6.07 Å². The Bertz CT molecular complexity index is 1890. The minimum Gasteiger partial charge on any atom is -0.508 e. The van der Waals surface area contributed by atoms with Crippen LogP contribution in [0.25, 0.3) is 32.9 Å². The highest BCUT2D eigenvalue weighted by atomic mass is 19.1. The van der Waals surface area contributed by atoms with Crippen molar-refractivity contribution in [2.24, 2.45) is 11.8 Å². The van der Waals surface area contributed by atoms with Gasteiger partial charge in [0.2, 0.25) is 5.91 Å². The number of piperidine rings is 1. The summed E-state index contributed by atoms with van der Waals surface area (Å²) in [6, 6.07) is 5.76. The summed E-state index contributed by atoms with van der Waals surface area (Å²) in [7, 11) is 0. The Morgan fingerprint density at radius 2 is 2.04 bits per heavy atom. The number of anilines is 1. The fourth-order valence-corrected chi connectivity index (χ4v) is 8.29. The second-order valence-electron chi connectivity index (χ2n) is 13.2. The molecule has 1 amide bonds. The predicted molar refractivity (Wildman–Crippen MR) is 167 cm³/mol. The number of aromatic hydroxyl groups is 1. The molecule has 240 valence electrons. The van der Waals surface area contributed by atoms with Gasteiger partial charge in [-0.15, -0.1) is 0 Å². The molecule has 0 bridgehead atoms. The van der Waals surface area contributed by atoms with Gasteiger partial charge in [0.1, 0.15) is 41.4 Å². The van der Waals surface area contributed by atoms with Crippen LogP contribution in [0.5, 0.6) is 11.8 Å². The van der Waals surface area contributed by atoms with Gasteiger partial charge < -0.3 is 20.1 Å². The van der Waals surface area contributed by atoms with Crippen molar-refractivity contribution < 1.29 is 27.8 Å². The number of aryl methyl sites for hydroxylation is 1. The molecule has 0 spiro atoms. The molecule has 0 aliphatic carbocycles. The molecule has 9 nitrogen and oxygen atoms in total. The van der Waals surface area contributed by atoms with Crippen LogP contribution >= 0.6 is 0 Å². The van der Waals surface area contributed by atoms with Crippen LogP contribution in [-0.4, -0.2) is 81.9 Å². The zero-order chi connectivity index (χ0) is 31.7. The number of nitrogens with one attached hydrogen (secondary N) is 1. The quantitative estimate of drug-likeness (QED) is 0.309. The normalized spacial score (nSPS) is 26.1. The number of alkyl halides is 1. The first-order valence-corrected chi connectivity index (χ1v) is 16.1. The Balaban J connectivity index is 1.27. The second-order valence-corrected chi connectivity index (χ2v) is 13.2. The van der Waals surface area contributed by atoms with Gasteiger partial charge in [-0.2, -0.15) is 9.97 Å². The first-order valence-electron chi connectivity index (χ1n) is 16.1. The second kappa shape index (κ2) is 11.0. The van der Waals surface area contributed by atoms with Gasteiger partial charge in [0.25, 0.3) is 0 Å². The molecule has 0 radical (unpaired) electrons. The van der Waals surface area contributed by atoms with E-state index in [1.807, 2.05) is 11.8 Å². The van der Waals surface area contributed by atoms with E-state index in [0.717, 1.165) is 25.8 Å². The number of hydrogen-bond donors (Lipinski definition) is 2. The minimum atomic E-state index is -0.933. The SMILES string of the molecule is CCc1c(F)ccc2cc(O)cc(-c3ncc4c(N5CCC6CNC(=O)C6C5)nc(OC[C@@]56CCCN5C[C@H](F)C6)nc4c3F)c12. The average Bonchev–Trinajstić information content (AvgIpc) is 3.71. The van der Waals surface area contributed by atoms with E-state index in [9.17, 15) is 18.7 Å². The van der Waals surface area contributed by atoms with Crippen molar-refractivity contribution in [3.8, 4) is 23.0 Å². The highest BCUT2D eigenvalue weighted by Gasteiger charge is 2.49. The molecule has 2 aromatic carbocycles. The average molecular weight is 633 g/mol. The lowest BCUT2D eigenvalue weighted by atomic mass is 9.88. The first kappa shape index (κ1) is 29.2. The zero-order valence-electron chi connectivity index (χ0n) is 25.5. The van der Waals surface area contributed by atoms with Crippen LogP contribution in [0.1, 0.15) is 38.2 Å². The molecular weight excluding hydrogens is 597 g/mol. The van der Waals surface area contributed by atoms with Crippen molar-refractivity contribution in [2.45, 2.75) is 50.7 Å². The van der Waals surface area contributed by atoms with E-state index in [0.29, 0.717) is 66.6 Å². The number of benzene rings is 2. The Kier molecular flexibility index (Phi) is 6.97. The van der Waals surface area contributed by atoms with Gasteiger partial charge in [0.05, 0.1) is 16.8 Å². The summed E-state index contributed by atoms with van der Waals surface area (Å²) in [5.74, 6) is -0.878. The van der Waals surface area contributed by atoms with E-state index in [4.69, 9.17) is 9.72 Å². The molecule has 2 N–H and O–H groups in total. The molecular formula is C34H35F3N6O3. The Morgan fingerprint density at radius 1 is 1.17 bits per heavy atom. The van der Waals surface area contributed by atoms with Crippen LogP contribution in [0, 0.1) is 23.5 Å². The van der Waals surface area contributed by atoms with Crippen molar-refractivity contribution in [3.63, 3.8) is 0 Å². The summed E-state index contributed by atoms with van der Waals surface area (Å²) in [4.78, 5) is 30.5. The number of aromatic nitrogens is 3. The van der Waals surface area contributed by atoms with Crippen LogP contribution in [-0.2, 0) is 11.2 Å². The highest BCUT2D eigenvalue weighted by molar-refractivity contribution is 6.01. The number of halogens is 3. The molecule has 4 aromatic rings. The van der Waals surface area contributed by atoms with Gasteiger partial charge in [-0.3, -0.25) is 14.7 Å². The molecule has 4 saturated heterocycles. The van der Waals surface area contributed by atoms with Gasteiger partial charge in [-0.05, 0) is 72.7 Å². The van der Waals surface area contributed by atoms with Gasteiger partial charge in [-0.25, -0.2) is 13.2 Å². The third-order valence-electron chi connectivity index (χ3n) is 10.6. The zero-order valence-corrected chi connectivity index (χ0v) is 25.5. The van der Waals surface area contributed by atoms with Crippen LogP contribution < -0.4 is 15.0 Å². The third-order valence-corrected chi connectivity index (χ3v) is 10.6. The topological polar surface area (TPSA) is 104 Å². The monoisotopic (exact) mass is 632 g/mol. The molecule has 0 saturated carbocycles. The lowest BCUT2D eigenvalue weighted by molar-refractivity contribution is -0.122. The van der Waals surface area contributed by atoms with Gasteiger partial charge in [0, 0.05) is 44.4 Å². The van der Waals surface area contributed by atoms with E-state index in [1.165, 1.54) is 24.4 Å². The number of carbonyl (C=O) groups excluding carboxylic acids is 1. The summed E-state index contributed by atoms with van der Waals surface area (Å²) in [6.07, 6.45) is 3.77. The highest BCUT2D eigenvalue weighted by Crippen LogP contribution is 2.42. The molecule has 2 aromatic heterocycles. The largest absolute Gasteiger partial charge is 0.508 e.